The Morgan fingerprint density at radius 2 is 0.647 bits per heavy atom. The van der Waals surface area contributed by atoms with Crippen LogP contribution >= 0.6 is 22.3 Å². The number of hydrogen-bond acceptors (Lipinski definition) is 4. The summed E-state index contributed by atoms with van der Waals surface area (Å²) < 4.78 is 391. The van der Waals surface area contributed by atoms with Crippen LogP contribution in [-0.2, 0) is 18.9 Å². The second-order valence-corrected chi connectivity index (χ2v) is 14.3. The van der Waals surface area contributed by atoms with Crippen LogP contribution in [0, 0.1) is 5.82 Å². The number of halogens is 27. The zero-order chi connectivity index (χ0) is 41.9. The molecule has 0 N–H and O–H groups in total. The van der Waals surface area contributed by atoms with E-state index in [0.29, 0.717) is 0 Å². The highest BCUT2D eigenvalue weighted by Gasteiger charge is 3.00. The maximum atomic E-state index is 14.2. The third-order valence-corrected chi connectivity index (χ3v) is 9.63. The molecule has 0 fully saturated rings. The molecule has 0 saturated carbocycles. The Bertz CT molecular complexity index is 1740. The van der Waals surface area contributed by atoms with Gasteiger partial charge in [-0.25, -0.2) is 21.2 Å². The predicted octanol–water partition coefficient (Wildman–Crippen LogP) is 9.36. The highest BCUT2D eigenvalue weighted by Crippen LogP contribution is 2.68. The Morgan fingerprint density at radius 1 is 0.412 bits per heavy atom. The number of hydrogen-bond donors (Lipinski definition) is 0. The van der Waals surface area contributed by atoms with Gasteiger partial charge in [-0.1, -0.05) is 11.6 Å². The summed E-state index contributed by atoms with van der Waals surface area (Å²) in [6.07, 6.45) is 0. The molecular formula is C18H3Cl2F25O4S2. The first-order valence-corrected chi connectivity index (χ1v) is 15.0. The molecule has 0 atom stereocenters. The minimum absolute atomic E-state index is 0.0691. The molecule has 0 spiro atoms. The molecule has 0 heterocycles. The van der Waals surface area contributed by atoms with E-state index >= 15 is 0 Å². The van der Waals surface area contributed by atoms with E-state index in [2.05, 4.69) is 10.7 Å². The van der Waals surface area contributed by atoms with Crippen molar-refractivity contribution in [3.05, 3.63) is 29.0 Å². The lowest BCUT2D eigenvalue weighted by atomic mass is 9.85. The largest absolute Gasteiger partial charge is 0.427 e. The van der Waals surface area contributed by atoms with Gasteiger partial charge in [0.05, 0.1) is 0 Å². The number of rotatable bonds is 14. The molecule has 0 saturated heterocycles. The molecule has 0 amide bonds. The van der Waals surface area contributed by atoms with Crippen LogP contribution in [0.2, 0.25) is 5.02 Å². The second kappa shape index (κ2) is 12.0. The van der Waals surface area contributed by atoms with Crippen LogP contribution in [0.1, 0.15) is 0 Å². The number of benzene rings is 1. The van der Waals surface area contributed by atoms with Crippen LogP contribution in [0.3, 0.4) is 0 Å². The van der Waals surface area contributed by atoms with Gasteiger partial charge in [0, 0.05) is 15.7 Å². The standard InChI is InChI=1S/C18H3Cl2F25O4S2/c19-4-1-2-6(5(21)3-4)50(46,47)17(42,43)15(38,39)13(34,35)11(30,31)9(26,27)7(22,23)8(24,25)10(28,29)12(32,33)14(36,37)16(40,41)18(44,45)51(20,48)49/h1-3H. The summed E-state index contributed by atoms with van der Waals surface area (Å²) in [6, 6.07) is -1.16. The topological polar surface area (TPSA) is 68.3 Å². The van der Waals surface area contributed by atoms with Crippen molar-refractivity contribution in [2.45, 2.75) is 74.6 Å². The Hall–Kier alpha value is -2.05. The van der Waals surface area contributed by atoms with Crippen LogP contribution in [0.25, 0.3) is 0 Å². The second-order valence-electron chi connectivity index (χ2n) is 9.29. The molecule has 4 nitrogen and oxygen atoms in total. The molecule has 0 radical (unpaired) electrons. The van der Waals surface area contributed by atoms with E-state index in [1.807, 2.05) is 0 Å². The molecule has 1 aromatic rings. The first-order valence-electron chi connectivity index (χ1n) is 10.8. The van der Waals surface area contributed by atoms with Crippen molar-refractivity contribution in [1.29, 1.82) is 0 Å². The fourth-order valence-electron chi connectivity index (χ4n) is 3.10. The van der Waals surface area contributed by atoms with Gasteiger partial charge in [0.25, 0.3) is 9.84 Å². The number of alkyl halides is 24. The van der Waals surface area contributed by atoms with Crippen molar-refractivity contribution in [2.75, 3.05) is 0 Å². The molecule has 0 aliphatic rings. The Kier molecular flexibility index (Phi) is 11.0. The average Bonchev–Trinajstić information content (AvgIpc) is 2.90. The monoisotopic (exact) mass is 892 g/mol. The number of sulfone groups is 1. The van der Waals surface area contributed by atoms with Crippen molar-refractivity contribution >= 4 is 41.2 Å². The summed E-state index contributed by atoms with van der Waals surface area (Å²) >= 11 is 5.03. The van der Waals surface area contributed by atoms with E-state index in [9.17, 15) is 127 Å². The Balaban J connectivity index is 4.05. The fraction of sp³-hybridized carbons (Fsp3) is 0.667. The van der Waals surface area contributed by atoms with Crippen LogP contribution in [0.5, 0.6) is 0 Å². The van der Waals surface area contributed by atoms with E-state index in [0.717, 1.165) is 0 Å². The summed E-state index contributed by atoms with van der Waals surface area (Å²) in [5.41, 5.74) is 0. The quantitative estimate of drug-likeness (QED) is 0.138. The molecule has 0 aromatic heterocycles. The third kappa shape index (κ3) is 5.64. The minimum Gasteiger partial charge on any atom is -0.217 e. The van der Waals surface area contributed by atoms with Crippen molar-refractivity contribution in [3.8, 4) is 0 Å². The highest BCUT2D eigenvalue weighted by atomic mass is 35.7. The molecule has 0 aliphatic carbocycles. The molecule has 300 valence electrons. The third-order valence-electron chi connectivity index (χ3n) is 6.11. The highest BCUT2D eigenvalue weighted by molar-refractivity contribution is 8.14. The lowest BCUT2D eigenvalue weighted by Crippen LogP contribution is -2.78. The maximum absolute atomic E-state index is 14.2. The molecule has 1 aromatic carbocycles. The van der Waals surface area contributed by atoms with E-state index in [-0.39, 0.29) is 6.07 Å². The van der Waals surface area contributed by atoms with Gasteiger partial charge < -0.3 is 0 Å². The molecule has 0 bridgehead atoms. The molecule has 0 aliphatic heterocycles. The molecule has 1 rings (SSSR count). The summed E-state index contributed by atoms with van der Waals surface area (Å²) in [5, 5.41) is -17.4. The minimum atomic E-state index is -9.88. The Morgan fingerprint density at radius 3 is 0.882 bits per heavy atom. The van der Waals surface area contributed by atoms with Crippen molar-refractivity contribution in [3.63, 3.8) is 0 Å². The van der Waals surface area contributed by atoms with Gasteiger partial charge in [0.2, 0.25) is 0 Å². The molecular weight excluding hydrogens is 890 g/mol. The van der Waals surface area contributed by atoms with Crippen molar-refractivity contribution in [2.24, 2.45) is 0 Å². The smallest absolute Gasteiger partial charge is 0.217 e. The van der Waals surface area contributed by atoms with Gasteiger partial charge in [0.15, 0.2) is 0 Å². The lowest BCUT2D eigenvalue weighted by molar-refractivity contribution is -0.475. The summed E-state index contributed by atoms with van der Waals surface area (Å²) in [6.45, 7) is 0. The van der Waals surface area contributed by atoms with Crippen LogP contribution in [0.4, 0.5) is 110 Å². The average molecular weight is 893 g/mol. The van der Waals surface area contributed by atoms with Gasteiger partial charge in [-0.2, -0.15) is 105 Å². The van der Waals surface area contributed by atoms with Gasteiger partial charge in [-0.15, -0.1) is 0 Å². The van der Waals surface area contributed by atoms with E-state index < -0.39 is 116 Å². The zero-order valence-electron chi connectivity index (χ0n) is 21.9. The van der Waals surface area contributed by atoms with Crippen LogP contribution in [0.15, 0.2) is 23.1 Å². The normalized spacial score (nSPS) is 16.5. The lowest BCUT2D eigenvalue weighted by Gasteiger charge is -2.45. The molecule has 33 heteroatoms. The molecule has 51 heavy (non-hydrogen) atoms. The van der Waals surface area contributed by atoms with E-state index in [1.54, 1.807) is 0 Å². The van der Waals surface area contributed by atoms with Crippen molar-refractivity contribution in [1.82, 2.24) is 0 Å². The Labute approximate surface area is 271 Å². The first-order chi connectivity index (χ1) is 21.7. The summed E-state index contributed by atoms with van der Waals surface area (Å²) in [5.74, 6) is -98.0. The zero-order valence-corrected chi connectivity index (χ0v) is 25.0. The van der Waals surface area contributed by atoms with Crippen molar-refractivity contribution < 1.29 is 127 Å². The summed E-state index contributed by atoms with van der Waals surface area (Å²) in [4.78, 5) is -2.98. The van der Waals surface area contributed by atoms with Crippen LogP contribution < -0.4 is 0 Å². The first kappa shape index (κ1) is 47.0. The van der Waals surface area contributed by atoms with E-state index in [1.165, 1.54) is 0 Å². The predicted molar refractivity (Wildman–Crippen MR) is 113 cm³/mol. The molecule has 0 unspecified atom stereocenters. The SMILES string of the molecule is O=S(=O)(Cl)C(F)(F)C(F)(F)C(F)(F)C(F)(F)C(F)(F)C(F)(F)C(F)(F)C(F)(F)C(F)(F)C(F)(F)C(F)(F)C(F)(F)S(=O)(=O)c1ccc(Cl)cc1F. The van der Waals surface area contributed by atoms with Crippen LogP contribution in [-0.4, -0.2) is 86.6 Å². The van der Waals surface area contributed by atoms with Gasteiger partial charge in [-0.05, 0) is 18.2 Å². The van der Waals surface area contributed by atoms with Gasteiger partial charge >= 0.3 is 78.8 Å². The van der Waals surface area contributed by atoms with Gasteiger partial charge in [0.1, 0.15) is 10.7 Å². The maximum Gasteiger partial charge on any atom is 0.427 e. The van der Waals surface area contributed by atoms with Gasteiger partial charge in [-0.3, -0.25) is 0 Å². The summed E-state index contributed by atoms with van der Waals surface area (Å²) in [7, 11) is -12.4. The fourth-order valence-corrected chi connectivity index (χ4v) is 5.28. The van der Waals surface area contributed by atoms with E-state index in [4.69, 9.17) is 11.6 Å².